The van der Waals surface area contributed by atoms with E-state index in [1.165, 1.54) is 17.0 Å². The first-order chi connectivity index (χ1) is 21.7. The minimum atomic E-state index is -4.31. The summed E-state index contributed by atoms with van der Waals surface area (Å²) in [7, 11) is -2.77. The van der Waals surface area contributed by atoms with Gasteiger partial charge in [0.25, 0.3) is 10.0 Å². The number of unbranched alkanes of at least 4 members (excludes halogenated alkanes) is 1. The van der Waals surface area contributed by atoms with Crippen molar-refractivity contribution in [2.45, 2.75) is 43.7 Å². The van der Waals surface area contributed by atoms with Crippen LogP contribution in [0.5, 0.6) is 5.75 Å². The minimum Gasteiger partial charge on any atom is -0.497 e. The third kappa shape index (κ3) is 8.92. The van der Waals surface area contributed by atoms with Crippen LogP contribution in [-0.2, 0) is 32.6 Å². The fourth-order valence-corrected chi connectivity index (χ4v) is 6.30. The van der Waals surface area contributed by atoms with Crippen LogP contribution in [0.3, 0.4) is 0 Å². The van der Waals surface area contributed by atoms with E-state index in [-0.39, 0.29) is 29.5 Å². The predicted octanol–water partition coefficient (Wildman–Crippen LogP) is 5.59. The van der Waals surface area contributed by atoms with Gasteiger partial charge in [-0.05, 0) is 66.1 Å². The van der Waals surface area contributed by atoms with E-state index in [9.17, 15) is 22.4 Å². The van der Waals surface area contributed by atoms with Crippen LogP contribution in [0.2, 0.25) is 0 Å². The number of amides is 2. The lowest BCUT2D eigenvalue weighted by molar-refractivity contribution is -0.140. The predicted molar refractivity (Wildman–Crippen MR) is 173 cm³/mol. The fraction of sp³-hybridized carbons (Fsp3) is 0.257. The van der Waals surface area contributed by atoms with Gasteiger partial charge in [-0.2, -0.15) is 0 Å². The lowest BCUT2D eigenvalue weighted by atomic mass is 10.0. The highest BCUT2D eigenvalue weighted by atomic mass is 32.2. The van der Waals surface area contributed by atoms with Gasteiger partial charge in [-0.25, -0.2) is 12.8 Å². The van der Waals surface area contributed by atoms with Gasteiger partial charge in [-0.1, -0.05) is 74.0 Å². The average molecular weight is 632 g/mol. The Kier molecular flexibility index (Phi) is 11.7. The van der Waals surface area contributed by atoms with Crippen molar-refractivity contribution in [3.05, 3.63) is 126 Å². The van der Waals surface area contributed by atoms with Crippen molar-refractivity contribution in [2.75, 3.05) is 24.5 Å². The van der Waals surface area contributed by atoms with Crippen molar-refractivity contribution >= 4 is 27.5 Å². The van der Waals surface area contributed by atoms with E-state index in [1.54, 1.807) is 55.6 Å². The summed E-state index contributed by atoms with van der Waals surface area (Å²) in [6.07, 6.45) is 1.86. The van der Waals surface area contributed by atoms with Crippen LogP contribution in [-0.4, -0.2) is 51.4 Å². The Hall–Kier alpha value is -4.70. The Morgan fingerprint density at radius 2 is 1.51 bits per heavy atom. The number of benzene rings is 4. The molecule has 1 unspecified atom stereocenters. The Bertz CT molecular complexity index is 1650. The van der Waals surface area contributed by atoms with Crippen LogP contribution < -0.4 is 14.4 Å². The zero-order valence-corrected chi connectivity index (χ0v) is 26.3. The van der Waals surface area contributed by atoms with Crippen molar-refractivity contribution in [2.24, 2.45) is 0 Å². The highest BCUT2D eigenvalue weighted by Crippen LogP contribution is 2.25. The number of carbonyl (C=O) groups is 2. The first-order valence-corrected chi connectivity index (χ1v) is 16.2. The van der Waals surface area contributed by atoms with Gasteiger partial charge in [0.1, 0.15) is 24.2 Å². The molecule has 2 amide bonds. The van der Waals surface area contributed by atoms with E-state index < -0.39 is 34.3 Å². The molecule has 0 spiro atoms. The number of nitrogens with one attached hydrogen (secondary N) is 1. The molecule has 8 nitrogen and oxygen atoms in total. The maximum Gasteiger partial charge on any atom is 0.264 e. The Morgan fingerprint density at radius 3 is 2.16 bits per heavy atom. The Morgan fingerprint density at radius 1 is 0.867 bits per heavy atom. The van der Waals surface area contributed by atoms with Crippen molar-refractivity contribution < 1.29 is 27.1 Å². The number of hydrogen-bond donors (Lipinski definition) is 1. The zero-order chi connectivity index (χ0) is 32.2. The molecule has 1 N–H and O–H groups in total. The maximum atomic E-state index is 14.4. The standard InChI is InChI=1S/C35H38FN3O5S/c1-3-4-22-37-35(41)33(24-27-12-7-5-8-13-27)38(25-28-14-11-17-31(23-28)44-2)34(40)26-39(30-15-9-6-10-16-30)45(42,43)32-20-18-29(36)19-21-32/h5-21,23,33H,3-4,22,24-26H2,1-2H3,(H,37,41). The number of halogens is 1. The monoisotopic (exact) mass is 631 g/mol. The number of hydrogen-bond acceptors (Lipinski definition) is 5. The van der Waals surface area contributed by atoms with E-state index in [0.29, 0.717) is 17.9 Å². The summed E-state index contributed by atoms with van der Waals surface area (Å²) in [6, 6.07) is 28.3. The molecule has 0 aliphatic heterocycles. The largest absolute Gasteiger partial charge is 0.497 e. The van der Waals surface area contributed by atoms with E-state index in [2.05, 4.69) is 5.32 Å². The fourth-order valence-electron chi connectivity index (χ4n) is 4.88. The van der Waals surface area contributed by atoms with Crippen molar-refractivity contribution in [3.8, 4) is 5.75 Å². The number of sulfonamides is 1. The summed E-state index contributed by atoms with van der Waals surface area (Å²) in [5.41, 5.74) is 1.80. The third-order valence-electron chi connectivity index (χ3n) is 7.31. The molecule has 0 heterocycles. The van der Waals surface area contributed by atoms with Crippen molar-refractivity contribution in [3.63, 3.8) is 0 Å². The molecule has 4 aromatic rings. The molecule has 10 heteroatoms. The number of nitrogens with zero attached hydrogens (tertiary/aromatic N) is 2. The highest BCUT2D eigenvalue weighted by Gasteiger charge is 2.34. The van der Waals surface area contributed by atoms with Gasteiger partial charge in [0, 0.05) is 19.5 Å². The molecule has 45 heavy (non-hydrogen) atoms. The number of para-hydroxylation sites is 1. The molecule has 4 aromatic carbocycles. The quantitative estimate of drug-likeness (QED) is 0.173. The molecule has 236 valence electrons. The second kappa shape index (κ2) is 15.9. The molecule has 0 saturated heterocycles. The van der Waals surface area contributed by atoms with Gasteiger partial charge in [0.2, 0.25) is 11.8 Å². The second-order valence-corrected chi connectivity index (χ2v) is 12.4. The van der Waals surface area contributed by atoms with Crippen LogP contribution in [0.1, 0.15) is 30.9 Å². The summed E-state index contributed by atoms with van der Waals surface area (Å²) in [6.45, 7) is 1.89. The number of methoxy groups -OCH3 is 1. The lowest BCUT2D eigenvalue weighted by Crippen LogP contribution is -2.53. The zero-order valence-electron chi connectivity index (χ0n) is 25.4. The molecular formula is C35H38FN3O5S. The summed E-state index contributed by atoms with van der Waals surface area (Å²) in [5.74, 6) is -0.926. The smallest absolute Gasteiger partial charge is 0.264 e. The summed E-state index contributed by atoms with van der Waals surface area (Å²) in [5, 5.41) is 2.97. The minimum absolute atomic E-state index is 0.0218. The topological polar surface area (TPSA) is 96.0 Å². The first-order valence-electron chi connectivity index (χ1n) is 14.8. The SMILES string of the molecule is CCCCNC(=O)C(Cc1ccccc1)N(Cc1cccc(OC)c1)C(=O)CN(c1ccccc1)S(=O)(=O)c1ccc(F)cc1. The van der Waals surface area contributed by atoms with E-state index in [0.717, 1.165) is 34.8 Å². The van der Waals surface area contributed by atoms with Crippen LogP contribution >= 0.6 is 0 Å². The number of rotatable bonds is 15. The summed E-state index contributed by atoms with van der Waals surface area (Å²) in [4.78, 5) is 29.5. The second-order valence-electron chi connectivity index (χ2n) is 10.5. The summed E-state index contributed by atoms with van der Waals surface area (Å²) < 4.78 is 48.0. The van der Waals surface area contributed by atoms with Gasteiger partial charge in [-0.3, -0.25) is 13.9 Å². The highest BCUT2D eigenvalue weighted by molar-refractivity contribution is 7.92. The van der Waals surface area contributed by atoms with E-state index >= 15 is 0 Å². The number of ether oxygens (including phenoxy) is 1. The van der Waals surface area contributed by atoms with Crippen LogP contribution in [0.15, 0.2) is 114 Å². The van der Waals surface area contributed by atoms with Crippen molar-refractivity contribution in [1.82, 2.24) is 10.2 Å². The molecular weight excluding hydrogens is 593 g/mol. The molecule has 0 saturated carbocycles. The van der Waals surface area contributed by atoms with Crippen LogP contribution in [0, 0.1) is 5.82 Å². The molecule has 0 aliphatic carbocycles. The van der Waals surface area contributed by atoms with Gasteiger partial charge in [0.15, 0.2) is 0 Å². The maximum absolute atomic E-state index is 14.4. The Balaban J connectivity index is 1.78. The molecule has 0 bridgehead atoms. The van der Waals surface area contributed by atoms with Crippen LogP contribution in [0.25, 0.3) is 0 Å². The normalized spacial score (nSPS) is 11.8. The van der Waals surface area contributed by atoms with Crippen molar-refractivity contribution in [1.29, 1.82) is 0 Å². The molecule has 0 fully saturated rings. The van der Waals surface area contributed by atoms with Crippen LogP contribution in [0.4, 0.5) is 10.1 Å². The molecule has 1 atom stereocenters. The van der Waals surface area contributed by atoms with Gasteiger partial charge in [0.05, 0.1) is 17.7 Å². The number of carbonyl (C=O) groups excluding carboxylic acids is 2. The van der Waals surface area contributed by atoms with E-state index in [1.807, 2.05) is 43.3 Å². The van der Waals surface area contributed by atoms with E-state index in [4.69, 9.17) is 4.74 Å². The first kappa shape index (κ1) is 33.2. The lowest BCUT2D eigenvalue weighted by Gasteiger charge is -2.34. The van der Waals surface area contributed by atoms with Gasteiger partial charge >= 0.3 is 0 Å². The third-order valence-corrected chi connectivity index (χ3v) is 9.10. The molecule has 4 rings (SSSR count). The molecule has 0 radical (unpaired) electrons. The van der Waals surface area contributed by atoms with Gasteiger partial charge < -0.3 is 15.0 Å². The number of anilines is 1. The summed E-state index contributed by atoms with van der Waals surface area (Å²) >= 11 is 0. The molecule has 0 aliphatic rings. The Labute approximate surface area is 264 Å². The average Bonchev–Trinajstić information content (AvgIpc) is 3.06. The molecule has 0 aromatic heterocycles. The van der Waals surface area contributed by atoms with Gasteiger partial charge in [-0.15, -0.1) is 0 Å².